The number of rotatable bonds is 5. The van der Waals surface area contributed by atoms with Crippen molar-refractivity contribution in [3.05, 3.63) is 38.8 Å². The van der Waals surface area contributed by atoms with E-state index in [1.54, 1.807) is 11.3 Å². The Morgan fingerprint density at radius 1 is 1.38 bits per heavy atom. The van der Waals surface area contributed by atoms with Crippen LogP contribution < -0.4 is 5.32 Å². The Morgan fingerprint density at radius 2 is 2.19 bits per heavy atom. The fourth-order valence-corrected chi connectivity index (χ4v) is 5.20. The standard InChI is InChI=1S/C15H18BrN3S2/c1-4-17-14(13-7-12-11(21-13)5-6-20-12)15-10(16)8-18-19(15)9(2)3/h5-9,14,17H,4H2,1-3H3. The molecule has 1 unspecified atom stereocenters. The van der Waals surface area contributed by atoms with E-state index >= 15 is 0 Å². The normalized spacial score (nSPS) is 13.4. The Morgan fingerprint density at radius 3 is 2.86 bits per heavy atom. The first-order valence-corrected chi connectivity index (χ1v) is 9.54. The topological polar surface area (TPSA) is 29.9 Å². The van der Waals surface area contributed by atoms with Gasteiger partial charge in [0.1, 0.15) is 0 Å². The van der Waals surface area contributed by atoms with Crippen molar-refractivity contribution in [3.63, 3.8) is 0 Å². The predicted octanol–water partition coefficient (Wildman–Crippen LogP) is 5.20. The molecule has 0 amide bonds. The molecule has 3 aromatic heterocycles. The molecule has 0 radical (unpaired) electrons. The molecule has 3 nitrogen and oxygen atoms in total. The zero-order chi connectivity index (χ0) is 15.0. The van der Waals surface area contributed by atoms with Crippen LogP contribution in [0.2, 0.25) is 0 Å². The highest BCUT2D eigenvalue weighted by atomic mass is 79.9. The first kappa shape index (κ1) is 15.2. The van der Waals surface area contributed by atoms with Crippen LogP contribution in [0, 0.1) is 0 Å². The maximum Gasteiger partial charge on any atom is 0.0854 e. The van der Waals surface area contributed by atoms with Gasteiger partial charge in [0.25, 0.3) is 0 Å². The van der Waals surface area contributed by atoms with Crippen molar-refractivity contribution in [1.82, 2.24) is 15.1 Å². The zero-order valence-corrected chi connectivity index (χ0v) is 15.5. The molecule has 0 bridgehead atoms. The first-order valence-electron chi connectivity index (χ1n) is 7.05. The molecule has 0 saturated carbocycles. The molecule has 0 spiro atoms. The van der Waals surface area contributed by atoms with E-state index in [0.717, 1.165) is 11.0 Å². The number of hydrogen-bond acceptors (Lipinski definition) is 4. The van der Waals surface area contributed by atoms with Gasteiger partial charge in [0, 0.05) is 20.3 Å². The second kappa shape index (κ2) is 6.20. The molecule has 112 valence electrons. The lowest BCUT2D eigenvalue weighted by molar-refractivity contribution is 0.477. The minimum absolute atomic E-state index is 0.180. The zero-order valence-electron chi connectivity index (χ0n) is 12.3. The van der Waals surface area contributed by atoms with Gasteiger partial charge in [0.05, 0.1) is 22.4 Å². The van der Waals surface area contributed by atoms with E-state index in [1.807, 2.05) is 17.5 Å². The van der Waals surface area contributed by atoms with Gasteiger partial charge in [-0.15, -0.1) is 22.7 Å². The molecule has 0 saturated heterocycles. The number of nitrogens with one attached hydrogen (secondary N) is 1. The van der Waals surface area contributed by atoms with Crippen LogP contribution in [0.5, 0.6) is 0 Å². The quantitative estimate of drug-likeness (QED) is 0.655. The Bertz CT molecular complexity index is 713. The summed E-state index contributed by atoms with van der Waals surface area (Å²) in [5.41, 5.74) is 1.21. The number of halogens is 1. The van der Waals surface area contributed by atoms with E-state index in [0.29, 0.717) is 6.04 Å². The van der Waals surface area contributed by atoms with Crippen molar-refractivity contribution >= 4 is 48.0 Å². The van der Waals surface area contributed by atoms with Gasteiger partial charge < -0.3 is 5.32 Å². The van der Waals surface area contributed by atoms with Crippen LogP contribution in [0.15, 0.2) is 28.2 Å². The molecular formula is C15H18BrN3S2. The lowest BCUT2D eigenvalue weighted by Gasteiger charge is -2.21. The molecular weight excluding hydrogens is 366 g/mol. The van der Waals surface area contributed by atoms with Crippen molar-refractivity contribution in [2.45, 2.75) is 32.9 Å². The summed E-state index contributed by atoms with van der Waals surface area (Å²) >= 11 is 7.34. The largest absolute Gasteiger partial charge is 0.305 e. The molecule has 6 heteroatoms. The molecule has 1 N–H and O–H groups in total. The molecule has 1 atom stereocenters. The summed E-state index contributed by atoms with van der Waals surface area (Å²) in [6, 6.07) is 5.03. The van der Waals surface area contributed by atoms with Crippen LogP contribution >= 0.6 is 38.6 Å². The molecule has 0 aromatic carbocycles. The monoisotopic (exact) mass is 383 g/mol. The average Bonchev–Trinajstić information content (AvgIpc) is 3.09. The van der Waals surface area contributed by atoms with E-state index in [4.69, 9.17) is 0 Å². The van der Waals surface area contributed by atoms with Crippen LogP contribution in [0.3, 0.4) is 0 Å². The average molecular weight is 384 g/mol. The molecule has 3 aromatic rings. The number of fused-ring (bicyclic) bond motifs is 1. The van der Waals surface area contributed by atoms with Crippen molar-refractivity contribution in [1.29, 1.82) is 0 Å². The molecule has 0 fully saturated rings. The minimum atomic E-state index is 0.180. The second-order valence-electron chi connectivity index (χ2n) is 5.20. The highest BCUT2D eigenvalue weighted by molar-refractivity contribution is 9.10. The van der Waals surface area contributed by atoms with Crippen LogP contribution in [-0.4, -0.2) is 16.3 Å². The van der Waals surface area contributed by atoms with Gasteiger partial charge in [-0.05, 0) is 53.8 Å². The molecule has 0 aliphatic heterocycles. The molecule has 21 heavy (non-hydrogen) atoms. The van der Waals surface area contributed by atoms with Gasteiger partial charge >= 0.3 is 0 Å². The molecule has 3 heterocycles. The lowest BCUT2D eigenvalue weighted by atomic mass is 10.1. The first-order chi connectivity index (χ1) is 10.1. The molecule has 3 rings (SSSR count). The number of thiophene rings is 2. The highest BCUT2D eigenvalue weighted by Gasteiger charge is 2.24. The number of hydrogen-bond donors (Lipinski definition) is 1. The molecule has 0 aliphatic rings. The lowest BCUT2D eigenvalue weighted by Crippen LogP contribution is -2.25. The minimum Gasteiger partial charge on any atom is -0.305 e. The number of aromatic nitrogens is 2. The summed E-state index contributed by atoms with van der Waals surface area (Å²) in [6.45, 7) is 7.40. The predicted molar refractivity (Wildman–Crippen MR) is 95.5 cm³/mol. The Labute approximate surface area is 141 Å². The van der Waals surface area contributed by atoms with Crippen molar-refractivity contribution in [2.75, 3.05) is 6.54 Å². The summed E-state index contributed by atoms with van der Waals surface area (Å²) in [5.74, 6) is 0. The Balaban J connectivity index is 2.09. The maximum atomic E-state index is 4.52. The SMILES string of the molecule is CCNC(c1cc2sccc2s1)c1c(Br)cnn1C(C)C. The van der Waals surface area contributed by atoms with Crippen molar-refractivity contribution < 1.29 is 0 Å². The van der Waals surface area contributed by atoms with Crippen LogP contribution in [0.1, 0.15) is 43.4 Å². The smallest absolute Gasteiger partial charge is 0.0854 e. The van der Waals surface area contributed by atoms with Crippen LogP contribution in [0.25, 0.3) is 9.40 Å². The summed E-state index contributed by atoms with van der Waals surface area (Å²) in [6.07, 6.45) is 1.90. The third kappa shape index (κ3) is 2.82. The molecule has 0 aliphatic carbocycles. The van der Waals surface area contributed by atoms with Gasteiger partial charge in [0.15, 0.2) is 0 Å². The van der Waals surface area contributed by atoms with Crippen LogP contribution in [-0.2, 0) is 0 Å². The summed E-state index contributed by atoms with van der Waals surface area (Å²) in [5, 5.41) is 10.3. The van der Waals surface area contributed by atoms with Gasteiger partial charge in [-0.3, -0.25) is 4.68 Å². The second-order valence-corrected chi connectivity index (χ2v) is 8.12. The summed E-state index contributed by atoms with van der Waals surface area (Å²) in [7, 11) is 0. The Hall–Kier alpha value is -0.690. The van der Waals surface area contributed by atoms with E-state index in [2.05, 4.69) is 69.3 Å². The summed E-state index contributed by atoms with van der Waals surface area (Å²) in [4.78, 5) is 1.35. The third-order valence-corrected chi connectivity index (χ3v) is 6.17. The van der Waals surface area contributed by atoms with E-state index in [9.17, 15) is 0 Å². The van der Waals surface area contributed by atoms with E-state index in [1.165, 1.54) is 20.0 Å². The fourth-order valence-electron chi connectivity index (χ4n) is 2.50. The van der Waals surface area contributed by atoms with E-state index < -0.39 is 0 Å². The van der Waals surface area contributed by atoms with Gasteiger partial charge in [-0.25, -0.2) is 0 Å². The Kier molecular flexibility index (Phi) is 4.49. The maximum absolute atomic E-state index is 4.52. The van der Waals surface area contributed by atoms with Crippen molar-refractivity contribution in [3.8, 4) is 0 Å². The number of nitrogens with zero attached hydrogens (tertiary/aromatic N) is 2. The third-order valence-electron chi connectivity index (χ3n) is 3.40. The fraction of sp³-hybridized carbons (Fsp3) is 0.400. The van der Waals surface area contributed by atoms with Gasteiger partial charge in [-0.1, -0.05) is 6.92 Å². The van der Waals surface area contributed by atoms with Gasteiger partial charge in [-0.2, -0.15) is 5.10 Å². The van der Waals surface area contributed by atoms with Crippen molar-refractivity contribution in [2.24, 2.45) is 0 Å². The van der Waals surface area contributed by atoms with Gasteiger partial charge in [0.2, 0.25) is 0 Å². The van der Waals surface area contributed by atoms with E-state index in [-0.39, 0.29) is 6.04 Å². The summed E-state index contributed by atoms with van der Waals surface area (Å²) < 4.78 is 5.90. The van der Waals surface area contributed by atoms with Crippen LogP contribution in [0.4, 0.5) is 0 Å². The highest BCUT2D eigenvalue weighted by Crippen LogP contribution is 2.38.